The summed E-state index contributed by atoms with van der Waals surface area (Å²) in [6.07, 6.45) is 1.89. The number of carbonyl (C=O) groups is 2. The van der Waals surface area contributed by atoms with Gasteiger partial charge in [-0.2, -0.15) is 5.10 Å². The summed E-state index contributed by atoms with van der Waals surface area (Å²) in [6.45, 7) is 4.64. The molecule has 1 aromatic heterocycles. The van der Waals surface area contributed by atoms with Crippen LogP contribution in [0.15, 0.2) is 24.3 Å². The first-order chi connectivity index (χ1) is 13.0. The van der Waals surface area contributed by atoms with E-state index in [1.54, 1.807) is 14.0 Å². The molecule has 1 unspecified atom stereocenters. The summed E-state index contributed by atoms with van der Waals surface area (Å²) >= 11 is 0. The number of rotatable bonds is 7. The van der Waals surface area contributed by atoms with Crippen molar-refractivity contribution >= 4 is 22.7 Å². The molecule has 8 heteroatoms. The minimum Gasteiger partial charge on any atom is -0.384 e. The first-order valence-electron chi connectivity index (χ1n) is 9.26. The molecule has 2 amide bonds. The number of H-pyrrole nitrogens is 1. The third kappa shape index (κ3) is 4.45. The number of fused-ring (bicyclic) bond motifs is 1. The van der Waals surface area contributed by atoms with Crippen LogP contribution in [0.1, 0.15) is 30.3 Å². The highest BCUT2D eigenvalue weighted by Crippen LogP contribution is 2.28. The smallest absolute Gasteiger partial charge is 0.273 e. The van der Waals surface area contributed by atoms with Crippen LogP contribution >= 0.6 is 0 Å². The quantitative estimate of drug-likeness (QED) is 0.575. The highest BCUT2D eigenvalue weighted by Gasteiger charge is 2.33. The van der Waals surface area contributed by atoms with Crippen LogP contribution < -0.4 is 16.0 Å². The molecule has 1 fully saturated rings. The van der Waals surface area contributed by atoms with Gasteiger partial charge in [-0.25, -0.2) is 0 Å². The Bertz CT molecular complexity index is 792. The fourth-order valence-corrected chi connectivity index (χ4v) is 3.53. The number of para-hydroxylation sites is 1. The van der Waals surface area contributed by atoms with Gasteiger partial charge in [-0.05, 0) is 38.9 Å². The molecule has 0 spiro atoms. The normalized spacial score (nSPS) is 17.4. The molecule has 1 atom stereocenters. The van der Waals surface area contributed by atoms with Crippen LogP contribution in [0.4, 0.5) is 0 Å². The van der Waals surface area contributed by atoms with Crippen LogP contribution in [0.3, 0.4) is 0 Å². The Morgan fingerprint density at radius 3 is 2.78 bits per heavy atom. The van der Waals surface area contributed by atoms with E-state index in [0.29, 0.717) is 18.8 Å². The van der Waals surface area contributed by atoms with E-state index in [4.69, 9.17) is 4.74 Å². The number of aromatic nitrogens is 2. The second kappa shape index (κ2) is 8.49. The van der Waals surface area contributed by atoms with E-state index in [0.717, 1.165) is 36.8 Å². The number of nitrogens with zero attached hydrogens (tertiary/aromatic N) is 1. The summed E-state index contributed by atoms with van der Waals surface area (Å²) in [5, 5.41) is 16.7. The predicted molar refractivity (Wildman–Crippen MR) is 102 cm³/mol. The Balaban J connectivity index is 1.57. The fourth-order valence-electron chi connectivity index (χ4n) is 3.53. The molecule has 0 radical (unpaired) electrons. The van der Waals surface area contributed by atoms with E-state index in [2.05, 4.69) is 26.1 Å². The van der Waals surface area contributed by atoms with Gasteiger partial charge >= 0.3 is 0 Å². The lowest BCUT2D eigenvalue weighted by atomic mass is 9.79. The summed E-state index contributed by atoms with van der Waals surface area (Å²) in [6, 6.07) is 6.73. The first kappa shape index (κ1) is 19.3. The third-order valence-corrected chi connectivity index (χ3v) is 5.18. The van der Waals surface area contributed by atoms with Gasteiger partial charge in [-0.1, -0.05) is 18.2 Å². The van der Waals surface area contributed by atoms with Crippen molar-refractivity contribution in [3.8, 4) is 0 Å². The Labute approximate surface area is 158 Å². The number of ether oxygens (including phenoxy) is 1. The topological polar surface area (TPSA) is 108 Å². The molecule has 1 saturated heterocycles. The lowest BCUT2D eigenvalue weighted by Crippen LogP contribution is -2.51. The zero-order chi connectivity index (χ0) is 19.3. The average molecular weight is 373 g/mol. The van der Waals surface area contributed by atoms with Crippen molar-refractivity contribution in [3.05, 3.63) is 30.0 Å². The van der Waals surface area contributed by atoms with Gasteiger partial charge < -0.3 is 20.7 Å². The molecule has 146 valence electrons. The molecule has 0 saturated carbocycles. The Morgan fingerprint density at radius 2 is 2.04 bits per heavy atom. The zero-order valence-electron chi connectivity index (χ0n) is 15.8. The highest BCUT2D eigenvalue weighted by molar-refractivity contribution is 6.05. The monoisotopic (exact) mass is 373 g/mol. The van der Waals surface area contributed by atoms with Gasteiger partial charge in [0.1, 0.15) is 6.04 Å². The average Bonchev–Trinajstić information content (AvgIpc) is 3.11. The molecular weight excluding hydrogens is 346 g/mol. The second-order valence-electron chi connectivity index (χ2n) is 7.21. The molecule has 1 aliphatic rings. The van der Waals surface area contributed by atoms with Crippen molar-refractivity contribution in [3.63, 3.8) is 0 Å². The molecule has 2 aromatic rings. The van der Waals surface area contributed by atoms with Crippen molar-refractivity contribution in [1.82, 2.24) is 26.1 Å². The van der Waals surface area contributed by atoms with E-state index in [1.165, 1.54) is 0 Å². The molecule has 0 aliphatic carbocycles. The largest absolute Gasteiger partial charge is 0.384 e. The highest BCUT2D eigenvalue weighted by atomic mass is 16.5. The Morgan fingerprint density at radius 1 is 1.30 bits per heavy atom. The van der Waals surface area contributed by atoms with Gasteiger partial charge in [0.15, 0.2) is 5.69 Å². The number of aromatic amines is 1. The maximum absolute atomic E-state index is 12.5. The van der Waals surface area contributed by atoms with Gasteiger partial charge in [0.05, 0.1) is 12.1 Å². The van der Waals surface area contributed by atoms with Crippen LogP contribution in [0.2, 0.25) is 0 Å². The van der Waals surface area contributed by atoms with E-state index < -0.39 is 6.04 Å². The van der Waals surface area contributed by atoms with E-state index >= 15 is 0 Å². The maximum Gasteiger partial charge on any atom is 0.273 e. The van der Waals surface area contributed by atoms with E-state index in [9.17, 15) is 9.59 Å². The number of nitrogens with one attached hydrogen (secondary N) is 4. The Hall–Kier alpha value is -2.45. The molecule has 1 aromatic carbocycles. The molecule has 1 aliphatic heterocycles. The van der Waals surface area contributed by atoms with Crippen LogP contribution in [-0.2, 0) is 9.53 Å². The van der Waals surface area contributed by atoms with Crippen LogP contribution in [0, 0.1) is 5.41 Å². The molecule has 4 N–H and O–H groups in total. The molecule has 3 rings (SSSR count). The number of methoxy groups -OCH3 is 1. The summed E-state index contributed by atoms with van der Waals surface area (Å²) in [5.74, 6) is -0.583. The standard InChI is InChI=1S/C19H27N5O3/c1-13(17(25)21-11-19(12-27-2)7-9-20-10-8-19)22-18(26)16-14-5-3-4-6-15(14)23-24-16/h3-6,13,20H,7-12H2,1-2H3,(H,21,25)(H,22,26)(H,23,24). The van der Waals surface area contributed by atoms with Gasteiger partial charge in [0.2, 0.25) is 5.91 Å². The second-order valence-corrected chi connectivity index (χ2v) is 7.21. The minimum absolute atomic E-state index is 0.0578. The van der Waals surface area contributed by atoms with Gasteiger partial charge in [-0.15, -0.1) is 0 Å². The molecule has 27 heavy (non-hydrogen) atoms. The van der Waals surface area contributed by atoms with Crippen molar-refractivity contribution in [1.29, 1.82) is 0 Å². The van der Waals surface area contributed by atoms with E-state index in [-0.39, 0.29) is 17.2 Å². The fraction of sp³-hybridized carbons (Fsp3) is 0.526. The number of piperidine rings is 1. The minimum atomic E-state index is -0.658. The number of amides is 2. The first-order valence-corrected chi connectivity index (χ1v) is 9.26. The van der Waals surface area contributed by atoms with Gasteiger partial charge in [0, 0.05) is 24.5 Å². The van der Waals surface area contributed by atoms with Crippen molar-refractivity contribution in [2.24, 2.45) is 5.41 Å². The summed E-state index contributed by atoms with van der Waals surface area (Å²) in [5.41, 5.74) is 1.02. The lowest BCUT2D eigenvalue weighted by Gasteiger charge is -2.37. The van der Waals surface area contributed by atoms with Crippen LogP contribution in [0.25, 0.3) is 10.9 Å². The predicted octanol–water partition coefficient (Wildman–Crippen LogP) is 0.814. The lowest BCUT2D eigenvalue weighted by molar-refractivity contribution is -0.123. The number of benzene rings is 1. The number of carbonyl (C=O) groups excluding carboxylic acids is 2. The molecule has 0 bridgehead atoms. The van der Waals surface area contributed by atoms with Crippen LogP contribution in [-0.4, -0.2) is 61.4 Å². The number of hydrogen-bond acceptors (Lipinski definition) is 5. The van der Waals surface area contributed by atoms with E-state index in [1.807, 2.05) is 24.3 Å². The summed E-state index contributed by atoms with van der Waals surface area (Å²) < 4.78 is 5.37. The molecule has 8 nitrogen and oxygen atoms in total. The SMILES string of the molecule is COCC1(CNC(=O)C(C)NC(=O)c2n[nH]c3ccccc23)CCNCC1. The van der Waals surface area contributed by atoms with Crippen molar-refractivity contribution in [2.45, 2.75) is 25.8 Å². The van der Waals surface area contributed by atoms with Crippen LogP contribution in [0.5, 0.6) is 0 Å². The third-order valence-electron chi connectivity index (χ3n) is 5.18. The van der Waals surface area contributed by atoms with Gasteiger partial charge in [-0.3, -0.25) is 14.7 Å². The Kier molecular flexibility index (Phi) is 6.08. The van der Waals surface area contributed by atoms with Gasteiger partial charge in [0.25, 0.3) is 5.91 Å². The van der Waals surface area contributed by atoms with Crippen molar-refractivity contribution in [2.75, 3.05) is 33.4 Å². The molecular formula is C19H27N5O3. The zero-order valence-corrected chi connectivity index (χ0v) is 15.8. The number of hydrogen-bond donors (Lipinski definition) is 4. The summed E-state index contributed by atoms with van der Waals surface area (Å²) in [4.78, 5) is 25.0. The summed E-state index contributed by atoms with van der Waals surface area (Å²) in [7, 11) is 1.68. The van der Waals surface area contributed by atoms with Crippen molar-refractivity contribution < 1.29 is 14.3 Å². The molecule has 2 heterocycles. The maximum atomic E-state index is 12.5.